The Morgan fingerprint density at radius 3 is 2.39 bits per heavy atom. The highest BCUT2D eigenvalue weighted by atomic mass is 16.5. The van der Waals surface area contributed by atoms with Crippen molar-refractivity contribution in [3.63, 3.8) is 0 Å². The third-order valence-corrected chi connectivity index (χ3v) is 3.31. The number of benzene rings is 1. The predicted molar refractivity (Wildman–Crippen MR) is 74.2 cm³/mol. The van der Waals surface area contributed by atoms with Crippen molar-refractivity contribution in [2.45, 2.75) is 27.7 Å². The van der Waals surface area contributed by atoms with E-state index in [0.29, 0.717) is 17.9 Å². The van der Waals surface area contributed by atoms with E-state index in [9.17, 15) is 4.79 Å². The van der Waals surface area contributed by atoms with Crippen LogP contribution in [0.25, 0.3) is 0 Å². The van der Waals surface area contributed by atoms with Gasteiger partial charge in [-0.25, -0.2) is 0 Å². The number of carbonyl (C=O) groups is 1. The first-order valence-corrected chi connectivity index (χ1v) is 6.31. The van der Waals surface area contributed by atoms with Gasteiger partial charge in [0.2, 0.25) is 0 Å². The third-order valence-electron chi connectivity index (χ3n) is 3.31. The van der Waals surface area contributed by atoms with Crippen molar-refractivity contribution in [3.8, 4) is 5.75 Å². The SMILES string of the molecule is COc1cc(C)cc(C)c1C(=O)C(CN)C(C)C. The highest BCUT2D eigenvalue weighted by molar-refractivity contribution is 6.02. The molecule has 1 atom stereocenters. The quantitative estimate of drug-likeness (QED) is 0.816. The Kier molecular flexibility index (Phi) is 4.91. The van der Waals surface area contributed by atoms with Crippen LogP contribution in [0.1, 0.15) is 35.3 Å². The van der Waals surface area contributed by atoms with Crippen molar-refractivity contribution in [1.29, 1.82) is 0 Å². The van der Waals surface area contributed by atoms with Gasteiger partial charge in [0.1, 0.15) is 5.75 Å². The summed E-state index contributed by atoms with van der Waals surface area (Å²) in [4.78, 5) is 12.6. The van der Waals surface area contributed by atoms with E-state index in [1.807, 2.05) is 39.8 Å². The molecule has 3 nitrogen and oxygen atoms in total. The van der Waals surface area contributed by atoms with Crippen LogP contribution in [-0.4, -0.2) is 19.4 Å². The maximum atomic E-state index is 12.6. The number of rotatable bonds is 5. The fourth-order valence-corrected chi connectivity index (χ4v) is 2.27. The van der Waals surface area contributed by atoms with Crippen LogP contribution in [0.3, 0.4) is 0 Å². The Hall–Kier alpha value is -1.35. The van der Waals surface area contributed by atoms with Crippen molar-refractivity contribution in [3.05, 3.63) is 28.8 Å². The number of ketones is 1. The summed E-state index contributed by atoms with van der Waals surface area (Å²) < 4.78 is 5.34. The molecule has 1 rings (SSSR count). The molecule has 0 amide bonds. The van der Waals surface area contributed by atoms with Gasteiger partial charge >= 0.3 is 0 Å². The van der Waals surface area contributed by atoms with Crippen molar-refractivity contribution in [1.82, 2.24) is 0 Å². The second kappa shape index (κ2) is 6.01. The van der Waals surface area contributed by atoms with Gasteiger partial charge in [-0.3, -0.25) is 4.79 Å². The van der Waals surface area contributed by atoms with Crippen LogP contribution < -0.4 is 10.5 Å². The van der Waals surface area contributed by atoms with E-state index in [2.05, 4.69) is 0 Å². The summed E-state index contributed by atoms with van der Waals surface area (Å²) in [6.45, 7) is 8.34. The Bertz CT molecular complexity index is 438. The van der Waals surface area contributed by atoms with Gasteiger partial charge in [-0.2, -0.15) is 0 Å². The maximum absolute atomic E-state index is 12.6. The molecule has 0 heterocycles. The zero-order valence-electron chi connectivity index (χ0n) is 11.9. The standard InChI is InChI=1S/C15H23NO2/c1-9(2)12(8-16)15(17)14-11(4)6-10(3)7-13(14)18-5/h6-7,9,12H,8,16H2,1-5H3. The van der Waals surface area contributed by atoms with Gasteiger partial charge in [0.15, 0.2) is 5.78 Å². The number of carbonyl (C=O) groups excluding carboxylic acids is 1. The van der Waals surface area contributed by atoms with Crippen LogP contribution in [0.4, 0.5) is 0 Å². The molecule has 1 aromatic rings. The molecule has 0 saturated carbocycles. The van der Waals surface area contributed by atoms with Crippen LogP contribution in [0.5, 0.6) is 5.75 Å². The first-order chi connectivity index (χ1) is 8.42. The molecule has 0 radical (unpaired) electrons. The van der Waals surface area contributed by atoms with Gasteiger partial charge in [0.05, 0.1) is 12.7 Å². The molecular formula is C15H23NO2. The number of Topliss-reactive ketones (excluding diaryl/α,β-unsaturated/α-hetero) is 1. The number of hydrogen-bond acceptors (Lipinski definition) is 3. The van der Waals surface area contributed by atoms with Crippen LogP contribution >= 0.6 is 0 Å². The summed E-state index contributed by atoms with van der Waals surface area (Å²) in [5.74, 6) is 0.812. The largest absolute Gasteiger partial charge is 0.496 e. The molecule has 2 N–H and O–H groups in total. The van der Waals surface area contributed by atoms with Crippen molar-refractivity contribution in [2.75, 3.05) is 13.7 Å². The average molecular weight is 249 g/mol. The molecule has 0 saturated heterocycles. The normalized spacial score (nSPS) is 12.6. The van der Waals surface area contributed by atoms with Crippen LogP contribution in [-0.2, 0) is 0 Å². The van der Waals surface area contributed by atoms with Crippen molar-refractivity contribution >= 4 is 5.78 Å². The second-order valence-electron chi connectivity index (χ2n) is 5.11. The number of nitrogens with two attached hydrogens (primary N) is 1. The molecule has 100 valence electrons. The summed E-state index contributed by atoms with van der Waals surface area (Å²) in [6, 6.07) is 3.90. The Morgan fingerprint density at radius 2 is 1.94 bits per heavy atom. The minimum atomic E-state index is -0.152. The number of aryl methyl sites for hydroxylation is 2. The van der Waals surface area contributed by atoms with Crippen LogP contribution in [0.15, 0.2) is 12.1 Å². The predicted octanol–water partition coefficient (Wildman–Crippen LogP) is 2.73. The second-order valence-corrected chi connectivity index (χ2v) is 5.11. The molecule has 1 aromatic carbocycles. The van der Waals surface area contributed by atoms with E-state index in [1.54, 1.807) is 7.11 Å². The maximum Gasteiger partial charge on any atom is 0.171 e. The lowest BCUT2D eigenvalue weighted by atomic mass is 9.85. The van der Waals surface area contributed by atoms with E-state index in [-0.39, 0.29) is 17.6 Å². The molecule has 0 aliphatic heterocycles. The van der Waals surface area contributed by atoms with Gasteiger partial charge in [0.25, 0.3) is 0 Å². The van der Waals surface area contributed by atoms with Gasteiger partial charge in [0, 0.05) is 12.5 Å². The van der Waals surface area contributed by atoms with E-state index >= 15 is 0 Å². The average Bonchev–Trinajstić information content (AvgIpc) is 2.27. The number of ether oxygens (including phenoxy) is 1. The summed E-state index contributed by atoms with van der Waals surface area (Å²) in [7, 11) is 1.60. The molecule has 1 unspecified atom stereocenters. The van der Waals surface area contributed by atoms with Gasteiger partial charge in [-0.15, -0.1) is 0 Å². The summed E-state index contributed by atoms with van der Waals surface area (Å²) >= 11 is 0. The summed E-state index contributed by atoms with van der Waals surface area (Å²) in [6.07, 6.45) is 0. The molecule has 0 aromatic heterocycles. The lowest BCUT2D eigenvalue weighted by Gasteiger charge is -2.20. The van der Waals surface area contributed by atoms with E-state index in [1.165, 1.54) is 0 Å². The fraction of sp³-hybridized carbons (Fsp3) is 0.533. The number of hydrogen-bond donors (Lipinski definition) is 1. The molecule has 0 fully saturated rings. The summed E-state index contributed by atoms with van der Waals surface area (Å²) in [5.41, 5.74) is 8.44. The fourth-order valence-electron chi connectivity index (χ4n) is 2.27. The van der Waals surface area contributed by atoms with Crippen LogP contribution in [0, 0.1) is 25.7 Å². The molecule has 0 aliphatic carbocycles. The lowest BCUT2D eigenvalue weighted by molar-refractivity contribution is 0.0888. The number of methoxy groups -OCH3 is 1. The Morgan fingerprint density at radius 1 is 1.33 bits per heavy atom. The lowest BCUT2D eigenvalue weighted by Crippen LogP contribution is -2.29. The molecular weight excluding hydrogens is 226 g/mol. The zero-order valence-corrected chi connectivity index (χ0v) is 11.9. The first-order valence-electron chi connectivity index (χ1n) is 6.31. The zero-order chi connectivity index (χ0) is 13.9. The van der Waals surface area contributed by atoms with Crippen molar-refractivity contribution in [2.24, 2.45) is 17.6 Å². The topological polar surface area (TPSA) is 52.3 Å². The Labute approximate surface area is 109 Å². The minimum Gasteiger partial charge on any atom is -0.496 e. The Balaban J connectivity index is 3.27. The molecule has 0 spiro atoms. The molecule has 3 heteroatoms. The highest BCUT2D eigenvalue weighted by Gasteiger charge is 2.26. The van der Waals surface area contributed by atoms with Crippen molar-refractivity contribution < 1.29 is 9.53 Å². The highest BCUT2D eigenvalue weighted by Crippen LogP contribution is 2.28. The third kappa shape index (κ3) is 2.91. The van der Waals surface area contributed by atoms with Gasteiger partial charge in [-0.05, 0) is 37.0 Å². The molecule has 0 aliphatic rings. The van der Waals surface area contributed by atoms with Gasteiger partial charge < -0.3 is 10.5 Å². The van der Waals surface area contributed by atoms with Gasteiger partial charge in [-0.1, -0.05) is 19.9 Å². The van der Waals surface area contributed by atoms with E-state index < -0.39 is 0 Å². The summed E-state index contributed by atoms with van der Waals surface area (Å²) in [5, 5.41) is 0. The van der Waals surface area contributed by atoms with Crippen LogP contribution in [0.2, 0.25) is 0 Å². The first kappa shape index (κ1) is 14.7. The smallest absolute Gasteiger partial charge is 0.171 e. The molecule has 0 bridgehead atoms. The van der Waals surface area contributed by atoms with E-state index in [0.717, 1.165) is 11.1 Å². The van der Waals surface area contributed by atoms with E-state index in [4.69, 9.17) is 10.5 Å². The molecule has 18 heavy (non-hydrogen) atoms. The minimum absolute atomic E-state index is 0.0850. The monoisotopic (exact) mass is 249 g/mol.